The van der Waals surface area contributed by atoms with E-state index >= 15 is 0 Å². The summed E-state index contributed by atoms with van der Waals surface area (Å²) >= 11 is 0. The molecule has 1 aromatic heterocycles. The van der Waals surface area contributed by atoms with Crippen molar-refractivity contribution in [3.63, 3.8) is 0 Å². The van der Waals surface area contributed by atoms with Gasteiger partial charge in [0.15, 0.2) is 5.69 Å². The number of benzene rings is 3. The minimum atomic E-state index is -0.162. The molecule has 3 aromatic carbocycles. The average molecular weight is 313 g/mol. The van der Waals surface area contributed by atoms with Crippen molar-refractivity contribution in [2.45, 2.75) is 0 Å². The molecule has 0 unspecified atom stereocenters. The summed E-state index contributed by atoms with van der Waals surface area (Å²) in [6, 6.07) is 26.8. The van der Waals surface area contributed by atoms with Crippen LogP contribution in [0.25, 0.3) is 10.9 Å². The van der Waals surface area contributed by atoms with Gasteiger partial charge in [0.1, 0.15) is 0 Å². The summed E-state index contributed by atoms with van der Waals surface area (Å²) in [5.41, 5.74) is 2.88. The second kappa shape index (κ2) is 6.01. The Labute approximate surface area is 139 Å². The first-order valence-corrected chi connectivity index (χ1v) is 7.72. The number of hydrogen-bond donors (Lipinski definition) is 1. The predicted molar refractivity (Wildman–Crippen MR) is 95.4 cm³/mol. The van der Waals surface area contributed by atoms with Crippen LogP contribution in [0.3, 0.4) is 0 Å². The lowest BCUT2D eigenvalue weighted by Crippen LogP contribution is -2.26. The van der Waals surface area contributed by atoms with Crippen molar-refractivity contribution >= 4 is 28.2 Å². The zero-order valence-electron chi connectivity index (χ0n) is 12.9. The number of aromatic amines is 1. The number of H-pyrrole nitrogens is 1. The highest BCUT2D eigenvalue weighted by Gasteiger charge is 2.23. The molecule has 1 N–H and O–H groups in total. The summed E-state index contributed by atoms with van der Waals surface area (Å²) < 4.78 is 0. The number of nitrogens with zero attached hydrogens (tertiary/aromatic N) is 2. The Kier molecular flexibility index (Phi) is 3.56. The summed E-state index contributed by atoms with van der Waals surface area (Å²) in [5, 5.41) is 8.00. The van der Waals surface area contributed by atoms with Gasteiger partial charge in [-0.05, 0) is 30.3 Å². The van der Waals surface area contributed by atoms with E-state index in [1.807, 2.05) is 84.9 Å². The maximum Gasteiger partial charge on any atom is 0.283 e. The first-order chi connectivity index (χ1) is 11.8. The number of aromatic nitrogens is 2. The molecule has 0 saturated heterocycles. The number of carbonyl (C=O) groups is 1. The highest BCUT2D eigenvalue weighted by molar-refractivity contribution is 6.15. The number of hydrogen-bond acceptors (Lipinski definition) is 2. The van der Waals surface area contributed by atoms with Crippen molar-refractivity contribution in [3.05, 3.63) is 90.6 Å². The van der Waals surface area contributed by atoms with Crippen LogP contribution in [0, 0.1) is 0 Å². The van der Waals surface area contributed by atoms with Crippen LogP contribution in [-0.2, 0) is 0 Å². The summed E-state index contributed by atoms with van der Waals surface area (Å²) in [6.07, 6.45) is 0. The molecule has 0 radical (unpaired) electrons. The summed E-state index contributed by atoms with van der Waals surface area (Å²) in [7, 11) is 0. The van der Waals surface area contributed by atoms with Gasteiger partial charge < -0.3 is 0 Å². The van der Waals surface area contributed by atoms with E-state index < -0.39 is 0 Å². The molecule has 0 aliphatic rings. The van der Waals surface area contributed by atoms with Crippen molar-refractivity contribution in [2.24, 2.45) is 0 Å². The zero-order chi connectivity index (χ0) is 16.4. The minimum Gasteiger partial charge on any atom is -0.277 e. The molecular weight excluding hydrogens is 298 g/mol. The Morgan fingerprint density at radius 3 is 1.92 bits per heavy atom. The van der Waals surface area contributed by atoms with Crippen LogP contribution in [-0.4, -0.2) is 16.1 Å². The quantitative estimate of drug-likeness (QED) is 0.603. The fourth-order valence-electron chi connectivity index (χ4n) is 2.77. The van der Waals surface area contributed by atoms with E-state index in [1.54, 1.807) is 4.90 Å². The van der Waals surface area contributed by atoms with Crippen molar-refractivity contribution in [2.75, 3.05) is 4.90 Å². The maximum absolute atomic E-state index is 13.3. The van der Waals surface area contributed by atoms with Gasteiger partial charge in [-0.2, -0.15) is 5.10 Å². The van der Waals surface area contributed by atoms with Crippen LogP contribution in [0.2, 0.25) is 0 Å². The molecule has 4 nitrogen and oxygen atoms in total. The third-order valence-electron chi connectivity index (χ3n) is 3.90. The van der Waals surface area contributed by atoms with E-state index in [2.05, 4.69) is 10.2 Å². The van der Waals surface area contributed by atoms with Gasteiger partial charge in [-0.15, -0.1) is 0 Å². The summed E-state index contributed by atoms with van der Waals surface area (Å²) in [5.74, 6) is -0.162. The molecule has 0 aliphatic carbocycles. The van der Waals surface area contributed by atoms with Gasteiger partial charge in [0.2, 0.25) is 0 Å². The molecule has 0 bridgehead atoms. The second-order valence-electron chi connectivity index (χ2n) is 5.43. The smallest absolute Gasteiger partial charge is 0.277 e. The molecule has 0 saturated carbocycles. The molecule has 24 heavy (non-hydrogen) atoms. The van der Waals surface area contributed by atoms with Crippen LogP contribution in [0.5, 0.6) is 0 Å². The molecule has 4 aromatic rings. The zero-order valence-corrected chi connectivity index (χ0v) is 12.9. The van der Waals surface area contributed by atoms with Crippen LogP contribution in [0.4, 0.5) is 11.4 Å². The Bertz CT molecular complexity index is 938. The topological polar surface area (TPSA) is 49.0 Å². The normalized spacial score (nSPS) is 10.7. The third-order valence-corrected chi connectivity index (χ3v) is 3.90. The fraction of sp³-hybridized carbons (Fsp3) is 0. The second-order valence-corrected chi connectivity index (χ2v) is 5.43. The maximum atomic E-state index is 13.3. The lowest BCUT2D eigenvalue weighted by molar-refractivity contribution is 0.0996. The average Bonchev–Trinajstić information content (AvgIpc) is 3.08. The summed E-state index contributed by atoms with van der Waals surface area (Å²) in [4.78, 5) is 14.9. The Balaban J connectivity index is 1.86. The van der Waals surface area contributed by atoms with Gasteiger partial charge in [-0.1, -0.05) is 54.6 Å². The van der Waals surface area contributed by atoms with Crippen LogP contribution in [0.1, 0.15) is 10.5 Å². The first kappa shape index (κ1) is 14.2. The van der Waals surface area contributed by atoms with E-state index in [-0.39, 0.29) is 5.91 Å². The lowest BCUT2D eigenvalue weighted by Gasteiger charge is -2.22. The van der Waals surface area contributed by atoms with E-state index in [1.165, 1.54) is 0 Å². The van der Waals surface area contributed by atoms with Crippen molar-refractivity contribution in [3.8, 4) is 0 Å². The highest BCUT2D eigenvalue weighted by Crippen LogP contribution is 2.28. The number of fused-ring (bicyclic) bond motifs is 1. The van der Waals surface area contributed by atoms with Gasteiger partial charge in [-0.3, -0.25) is 14.8 Å². The minimum absolute atomic E-state index is 0.162. The summed E-state index contributed by atoms with van der Waals surface area (Å²) in [6.45, 7) is 0. The number of para-hydroxylation sites is 3. The molecular formula is C20H15N3O. The number of rotatable bonds is 3. The van der Waals surface area contributed by atoms with E-state index in [0.717, 1.165) is 22.3 Å². The van der Waals surface area contributed by atoms with Crippen LogP contribution < -0.4 is 4.90 Å². The van der Waals surface area contributed by atoms with Gasteiger partial charge in [-0.25, -0.2) is 0 Å². The van der Waals surface area contributed by atoms with Crippen molar-refractivity contribution in [1.29, 1.82) is 0 Å². The molecule has 4 heteroatoms. The SMILES string of the molecule is O=C(c1n[nH]c2ccccc12)N(c1ccccc1)c1ccccc1. The molecule has 0 fully saturated rings. The van der Waals surface area contributed by atoms with Gasteiger partial charge in [0, 0.05) is 16.8 Å². The van der Waals surface area contributed by atoms with Crippen LogP contribution >= 0.6 is 0 Å². The Hall–Kier alpha value is -3.40. The standard InChI is InChI=1S/C20H15N3O/c24-20(19-17-13-7-8-14-18(17)21-22-19)23(15-9-3-1-4-10-15)16-11-5-2-6-12-16/h1-14H,(H,21,22). The Morgan fingerprint density at radius 2 is 1.29 bits per heavy atom. The van der Waals surface area contributed by atoms with Gasteiger partial charge >= 0.3 is 0 Å². The number of anilines is 2. The molecule has 0 atom stereocenters. The van der Waals surface area contributed by atoms with Crippen molar-refractivity contribution in [1.82, 2.24) is 10.2 Å². The molecule has 0 aliphatic heterocycles. The molecule has 1 heterocycles. The van der Waals surface area contributed by atoms with E-state index in [0.29, 0.717) is 5.69 Å². The third kappa shape index (κ3) is 2.44. The fourth-order valence-corrected chi connectivity index (χ4v) is 2.77. The molecule has 0 spiro atoms. The van der Waals surface area contributed by atoms with E-state index in [4.69, 9.17) is 0 Å². The van der Waals surface area contributed by atoms with Crippen molar-refractivity contribution < 1.29 is 4.79 Å². The largest absolute Gasteiger partial charge is 0.283 e. The molecule has 4 rings (SSSR count). The molecule has 1 amide bonds. The highest BCUT2D eigenvalue weighted by atomic mass is 16.2. The predicted octanol–water partition coefficient (Wildman–Crippen LogP) is 4.54. The lowest BCUT2D eigenvalue weighted by atomic mass is 10.1. The van der Waals surface area contributed by atoms with E-state index in [9.17, 15) is 4.79 Å². The molecule has 116 valence electrons. The first-order valence-electron chi connectivity index (χ1n) is 7.72. The van der Waals surface area contributed by atoms with Gasteiger partial charge in [0.05, 0.1) is 5.52 Å². The Morgan fingerprint density at radius 1 is 0.750 bits per heavy atom. The monoisotopic (exact) mass is 313 g/mol. The number of amides is 1. The number of carbonyl (C=O) groups excluding carboxylic acids is 1. The van der Waals surface area contributed by atoms with Crippen LogP contribution in [0.15, 0.2) is 84.9 Å². The number of nitrogens with one attached hydrogen (secondary N) is 1. The van der Waals surface area contributed by atoms with Gasteiger partial charge in [0.25, 0.3) is 5.91 Å².